The second-order valence-electron chi connectivity index (χ2n) is 5.75. The Hall–Kier alpha value is -0.990. The van der Waals surface area contributed by atoms with E-state index < -0.39 is 0 Å². The molecule has 0 saturated heterocycles. The van der Waals surface area contributed by atoms with Gasteiger partial charge in [-0.2, -0.15) is 0 Å². The normalized spacial score (nSPS) is 27.6. The number of thioether (sulfide) groups is 1. The number of rotatable bonds is 2. The van der Waals surface area contributed by atoms with E-state index in [1.807, 2.05) is 11.8 Å². The van der Waals surface area contributed by atoms with Crippen LogP contribution in [0.15, 0.2) is 47.4 Å². The van der Waals surface area contributed by atoms with Gasteiger partial charge in [-0.25, -0.2) is 0 Å². The standard InChI is InChI=1S/C17H21NS/c1-12-6-9-16(18)17(10-12)19-15-8-7-13-4-2-3-5-14(13)11-15/h2-5,7-8,11-12,16-17H,6,9-10,18H2,1H3. The Morgan fingerprint density at radius 3 is 2.68 bits per heavy atom. The molecule has 2 aromatic rings. The molecule has 19 heavy (non-hydrogen) atoms. The van der Waals surface area contributed by atoms with Crippen molar-refractivity contribution in [2.75, 3.05) is 0 Å². The van der Waals surface area contributed by atoms with E-state index in [0.29, 0.717) is 11.3 Å². The van der Waals surface area contributed by atoms with Gasteiger partial charge in [0, 0.05) is 16.2 Å². The van der Waals surface area contributed by atoms with Crippen LogP contribution in [0.1, 0.15) is 26.2 Å². The van der Waals surface area contributed by atoms with Crippen molar-refractivity contribution in [2.45, 2.75) is 42.4 Å². The molecule has 3 rings (SSSR count). The summed E-state index contributed by atoms with van der Waals surface area (Å²) in [5, 5.41) is 3.21. The Labute approximate surface area is 119 Å². The highest BCUT2D eigenvalue weighted by Crippen LogP contribution is 2.36. The molecule has 0 amide bonds. The lowest BCUT2D eigenvalue weighted by molar-refractivity contribution is 0.357. The summed E-state index contributed by atoms with van der Waals surface area (Å²) >= 11 is 1.97. The van der Waals surface area contributed by atoms with Crippen molar-refractivity contribution in [3.63, 3.8) is 0 Å². The smallest absolute Gasteiger partial charge is 0.0248 e. The molecule has 0 aromatic heterocycles. The molecule has 1 aliphatic carbocycles. The summed E-state index contributed by atoms with van der Waals surface area (Å²) in [6.45, 7) is 2.35. The molecule has 3 atom stereocenters. The fourth-order valence-electron chi connectivity index (χ4n) is 2.90. The Balaban J connectivity index is 1.80. The topological polar surface area (TPSA) is 26.0 Å². The van der Waals surface area contributed by atoms with Gasteiger partial charge in [-0.3, -0.25) is 0 Å². The Bertz CT molecular complexity index is 566. The maximum atomic E-state index is 6.28. The summed E-state index contributed by atoms with van der Waals surface area (Å²) < 4.78 is 0. The van der Waals surface area contributed by atoms with Crippen molar-refractivity contribution in [2.24, 2.45) is 11.7 Å². The number of hydrogen-bond donors (Lipinski definition) is 1. The van der Waals surface area contributed by atoms with Crippen LogP contribution in [-0.2, 0) is 0 Å². The van der Waals surface area contributed by atoms with Crippen LogP contribution in [0.4, 0.5) is 0 Å². The van der Waals surface area contributed by atoms with Gasteiger partial charge in [-0.1, -0.05) is 37.3 Å². The van der Waals surface area contributed by atoms with Gasteiger partial charge in [0.15, 0.2) is 0 Å². The van der Waals surface area contributed by atoms with Gasteiger partial charge in [0.1, 0.15) is 0 Å². The Kier molecular flexibility index (Phi) is 3.81. The maximum Gasteiger partial charge on any atom is 0.0248 e. The van der Waals surface area contributed by atoms with E-state index in [4.69, 9.17) is 5.73 Å². The molecule has 1 aliphatic rings. The molecular formula is C17H21NS. The zero-order valence-corrected chi connectivity index (χ0v) is 12.2. The van der Waals surface area contributed by atoms with Crippen molar-refractivity contribution in [3.05, 3.63) is 42.5 Å². The first-order valence-electron chi connectivity index (χ1n) is 7.13. The summed E-state index contributed by atoms with van der Waals surface area (Å²) in [7, 11) is 0. The van der Waals surface area contributed by atoms with E-state index in [1.54, 1.807) is 0 Å². The molecule has 0 radical (unpaired) electrons. The molecule has 0 spiro atoms. The third kappa shape index (κ3) is 2.96. The second kappa shape index (κ2) is 5.56. The molecule has 2 N–H and O–H groups in total. The fourth-order valence-corrected chi connectivity index (χ4v) is 4.33. The largest absolute Gasteiger partial charge is 0.327 e. The van der Waals surface area contributed by atoms with Gasteiger partial charge < -0.3 is 5.73 Å². The van der Waals surface area contributed by atoms with Gasteiger partial charge in [0.2, 0.25) is 0 Å². The van der Waals surface area contributed by atoms with E-state index in [9.17, 15) is 0 Å². The first-order chi connectivity index (χ1) is 9.22. The first-order valence-corrected chi connectivity index (χ1v) is 8.01. The Morgan fingerprint density at radius 2 is 1.84 bits per heavy atom. The van der Waals surface area contributed by atoms with Crippen molar-refractivity contribution < 1.29 is 0 Å². The van der Waals surface area contributed by atoms with Gasteiger partial charge in [-0.15, -0.1) is 11.8 Å². The van der Waals surface area contributed by atoms with Gasteiger partial charge >= 0.3 is 0 Å². The summed E-state index contributed by atoms with van der Waals surface area (Å²) in [5.41, 5.74) is 6.28. The summed E-state index contributed by atoms with van der Waals surface area (Å²) in [4.78, 5) is 1.35. The molecule has 2 heteroatoms. The van der Waals surface area contributed by atoms with Crippen molar-refractivity contribution in [3.8, 4) is 0 Å². The maximum absolute atomic E-state index is 6.28. The molecule has 3 unspecified atom stereocenters. The van der Waals surface area contributed by atoms with E-state index in [-0.39, 0.29) is 0 Å². The van der Waals surface area contributed by atoms with Crippen LogP contribution < -0.4 is 5.73 Å². The molecule has 0 bridgehead atoms. The van der Waals surface area contributed by atoms with Crippen LogP contribution in [0.3, 0.4) is 0 Å². The lowest BCUT2D eigenvalue weighted by atomic mass is 9.87. The van der Waals surface area contributed by atoms with Crippen molar-refractivity contribution in [1.29, 1.82) is 0 Å². The predicted octanol–water partition coefficient (Wildman–Crippen LogP) is 4.45. The van der Waals surface area contributed by atoms with Crippen LogP contribution in [0.5, 0.6) is 0 Å². The van der Waals surface area contributed by atoms with Crippen LogP contribution >= 0.6 is 11.8 Å². The minimum atomic E-state index is 0.354. The first kappa shape index (κ1) is 13.0. The second-order valence-corrected chi connectivity index (χ2v) is 7.06. The zero-order valence-electron chi connectivity index (χ0n) is 11.4. The van der Waals surface area contributed by atoms with Crippen molar-refractivity contribution >= 4 is 22.5 Å². The molecule has 1 saturated carbocycles. The average molecular weight is 271 g/mol. The van der Waals surface area contributed by atoms with Crippen LogP contribution in [0.25, 0.3) is 10.8 Å². The van der Waals surface area contributed by atoms with Crippen LogP contribution in [0.2, 0.25) is 0 Å². The molecule has 1 nitrogen and oxygen atoms in total. The fraction of sp³-hybridized carbons (Fsp3) is 0.412. The monoisotopic (exact) mass is 271 g/mol. The average Bonchev–Trinajstić information content (AvgIpc) is 2.43. The molecule has 0 aliphatic heterocycles. The van der Waals surface area contributed by atoms with E-state index >= 15 is 0 Å². The van der Waals surface area contributed by atoms with Gasteiger partial charge in [0.25, 0.3) is 0 Å². The highest BCUT2D eigenvalue weighted by molar-refractivity contribution is 8.00. The number of nitrogens with two attached hydrogens (primary N) is 1. The van der Waals surface area contributed by atoms with E-state index in [0.717, 1.165) is 5.92 Å². The number of benzene rings is 2. The molecule has 0 heterocycles. The van der Waals surface area contributed by atoms with Gasteiger partial charge in [-0.05, 0) is 48.1 Å². The summed E-state index contributed by atoms with van der Waals surface area (Å²) in [6.07, 6.45) is 3.71. The number of fused-ring (bicyclic) bond motifs is 1. The third-order valence-electron chi connectivity index (χ3n) is 4.11. The molecule has 1 fully saturated rings. The van der Waals surface area contributed by atoms with Gasteiger partial charge in [0.05, 0.1) is 0 Å². The minimum absolute atomic E-state index is 0.354. The molecule has 100 valence electrons. The zero-order chi connectivity index (χ0) is 13.2. The summed E-state index contributed by atoms with van der Waals surface area (Å²) in [5.74, 6) is 0.817. The van der Waals surface area contributed by atoms with Crippen LogP contribution in [-0.4, -0.2) is 11.3 Å². The quantitative estimate of drug-likeness (QED) is 0.873. The summed E-state index contributed by atoms with van der Waals surface area (Å²) in [6, 6.07) is 15.6. The minimum Gasteiger partial charge on any atom is -0.327 e. The Morgan fingerprint density at radius 1 is 1.05 bits per heavy atom. The lowest BCUT2D eigenvalue weighted by Gasteiger charge is -2.32. The highest BCUT2D eigenvalue weighted by atomic mass is 32.2. The highest BCUT2D eigenvalue weighted by Gasteiger charge is 2.26. The third-order valence-corrected chi connectivity index (χ3v) is 5.48. The van der Waals surface area contributed by atoms with E-state index in [2.05, 4.69) is 49.4 Å². The molecular weight excluding hydrogens is 250 g/mol. The van der Waals surface area contributed by atoms with E-state index in [1.165, 1.54) is 34.9 Å². The van der Waals surface area contributed by atoms with Crippen molar-refractivity contribution in [1.82, 2.24) is 0 Å². The van der Waals surface area contributed by atoms with Crippen LogP contribution in [0, 0.1) is 5.92 Å². The molecule has 2 aromatic carbocycles. The lowest BCUT2D eigenvalue weighted by Crippen LogP contribution is -2.37. The predicted molar refractivity (Wildman–Crippen MR) is 84.6 cm³/mol. The SMILES string of the molecule is CC1CCC(N)C(Sc2ccc3ccccc3c2)C1. The number of hydrogen-bond acceptors (Lipinski definition) is 2.